The molecular formula is C46H53ClF2N6O6. The van der Waals surface area contributed by atoms with E-state index in [1.54, 1.807) is 9.80 Å². The number of nitrogens with zero attached hydrogens (tertiary/aromatic N) is 4. The van der Waals surface area contributed by atoms with Crippen LogP contribution in [0.5, 0.6) is 0 Å². The third-order valence-corrected chi connectivity index (χ3v) is 10.7. The minimum Gasteiger partial charge on any atom is -0.443 e. The minimum atomic E-state index is -0.569. The summed E-state index contributed by atoms with van der Waals surface area (Å²) in [7, 11) is 0. The smallest absolute Gasteiger partial charge is 0.414 e. The van der Waals surface area contributed by atoms with Crippen LogP contribution in [0.2, 0.25) is 0 Å². The summed E-state index contributed by atoms with van der Waals surface area (Å²) >= 11 is 5.09. The Morgan fingerprint density at radius 2 is 1.10 bits per heavy atom. The first-order valence-electron chi connectivity index (χ1n) is 20.4. The molecule has 4 aromatic rings. The Balaban J connectivity index is 0.000000173. The van der Waals surface area contributed by atoms with E-state index in [9.17, 15) is 28.0 Å². The summed E-state index contributed by atoms with van der Waals surface area (Å²) in [5.74, 6) is 0.696. The third kappa shape index (κ3) is 11.5. The van der Waals surface area contributed by atoms with Gasteiger partial charge in [-0.1, -0.05) is 0 Å². The second-order valence-corrected chi connectivity index (χ2v) is 18.3. The van der Waals surface area contributed by atoms with Crippen LogP contribution in [0.1, 0.15) is 136 Å². The topological polar surface area (TPSA) is 157 Å². The number of rotatable bonds is 5. The van der Waals surface area contributed by atoms with Crippen molar-refractivity contribution in [3.8, 4) is 0 Å². The lowest BCUT2D eigenvalue weighted by atomic mass is 10.1. The number of nitrogens with two attached hydrogens (primary N) is 1. The van der Waals surface area contributed by atoms with Crippen molar-refractivity contribution in [3.63, 3.8) is 0 Å². The van der Waals surface area contributed by atoms with Gasteiger partial charge in [-0.2, -0.15) is 0 Å². The highest BCUT2D eigenvalue weighted by Crippen LogP contribution is 2.55. The number of carbonyl (C=O) groups is 4. The summed E-state index contributed by atoms with van der Waals surface area (Å²) in [5.41, 5.74) is 10.7. The summed E-state index contributed by atoms with van der Waals surface area (Å²) in [6.07, 6.45) is 1.45. The number of ether oxygens (including phenoxy) is 2. The molecule has 4 aliphatic rings. The molecule has 2 aromatic carbocycles. The first kappa shape index (κ1) is 45.1. The van der Waals surface area contributed by atoms with Crippen molar-refractivity contribution in [1.29, 1.82) is 0 Å². The highest BCUT2D eigenvalue weighted by atomic mass is 35.5. The third-order valence-electron chi connectivity index (χ3n) is 10.5. The van der Waals surface area contributed by atoms with E-state index < -0.39 is 16.4 Å². The van der Waals surface area contributed by atoms with Crippen molar-refractivity contribution < 1.29 is 37.4 Å². The predicted molar refractivity (Wildman–Crippen MR) is 229 cm³/mol. The Labute approximate surface area is 360 Å². The fraction of sp³-hybridized carbons (Fsp3) is 0.435. The van der Waals surface area contributed by atoms with Gasteiger partial charge in [0.1, 0.15) is 22.8 Å². The van der Waals surface area contributed by atoms with Gasteiger partial charge in [-0.3, -0.25) is 29.4 Å². The summed E-state index contributed by atoms with van der Waals surface area (Å²) in [4.78, 5) is 60.8. The van der Waals surface area contributed by atoms with E-state index in [2.05, 4.69) is 5.32 Å². The van der Waals surface area contributed by atoms with E-state index in [0.29, 0.717) is 41.3 Å². The average molecular weight is 859 g/mol. The molecule has 6 atom stereocenters. The van der Waals surface area contributed by atoms with Crippen LogP contribution in [0, 0.1) is 23.5 Å². The first-order chi connectivity index (χ1) is 28.6. The zero-order valence-electron chi connectivity index (χ0n) is 35.7. The molecule has 324 valence electrons. The number of benzene rings is 2. The molecule has 4 heterocycles. The van der Waals surface area contributed by atoms with Gasteiger partial charge in [-0.25, -0.2) is 18.4 Å². The maximum atomic E-state index is 13.1. The molecule has 2 saturated carbocycles. The summed E-state index contributed by atoms with van der Waals surface area (Å²) in [6.45, 7) is 16.3. The Morgan fingerprint density at radius 1 is 0.689 bits per heavy atom. The Hall–Kier alpha value is -5.47. The lowest BCUT2D eigenvalue weighted by molar-refractivity contribution is 0.0565. The zero-order valence-corrected chi connectivity index (χ0v) is 36.4. The molecule has 2 aliphatic heterocycles. The van der Waals surface area contributed by atoms with E-state index in [1.807, 2.05) is 79.7 Å². The summed E-state index contributed by atoms with van der Waals surface area (Å²) in [6, 6.07) is 17.6. The molecule has 2 aromatic heterocycles. The Kier molecular flexibility index (Phi) is 13.2. The molecule has 61 heavy (non-hydrogen) atoms. The minimum absolute atomic E-state index is 0.0931. The molecule has 6 unspecified atom stereocenters. The number of carbonyl (C=O) groups excluding carboxylic acids is 4. The Bertz CT molecular complexity index is 2280. The number of fused-ring (bicyclic) bond motifs is 6. The van der Waals surface area contributed by atoms with Gasteiger partial charge in [0.25, 0.3) is 11.1 Å². The molecule has 3 amide bonds. The van der Waals surface area contributed by atoms with Gasteiger partial charge < -0.3 is 20.5 Å². The zero-order chi connectivity index (χ0) is 44.6. The van der Waals surface area contributed by atoms with Gasteiger partial charge in [0.15, 0.2) is 0 Å². The van der Waals surface area contributed by atoms with E-state index >= 15 is 0 Å². The number of hydrogen-bond donors (Lipinski definition) is 2. The molecular weight excluding hydrogens is 806 g/mol. The van der Waals surface area contributed by atoms with Gasteiger partial charge in [-0.05, 0) is 164 Å². The fourth-order valence-electron chi connectivity index (χ4n) is 7.21. The molecule has 0 radical (unpaired) electrons. The van der Waals surface area contributed by atoms with Crippen LogP contribution < -0.4 is 20.9 Å². The molecule has 8 rings (SSSR count). The number of amides is 3. The Morgan fingerprint density at radius 3 is 1.51 bits per heavy atom. The van der Waals surface area contributed by atoms with Crippen LogP contribution in [0.4, 0.5) is 29.7 Å². The maximum Gasteiger partial charge on any atom is 0.414 e. The van der Waals surface area contributed by atoms with Crippen LogP contribution >= 0.6 is 11.6 Å². The van der Waals surface area contributed by atoms with E-state index in [4.69, 9.17) is 36.8 Å². The molecule has 3 N–H and O–H groups in total. The van der Waals surface area contributed by atoms with Crippen molar-refractivity contribution in [1.82, 2.24) is 15.3 Å². The standard InChI is InChI=1S/C23H26FN3O3.C16H23N3O2.C7H4ClFO/c1-13(25-21(28)14-5-7-16(24)8-6-14)18-9-10-19-20(26-18)17-11-15(17)12-27(19)22(29)30-23(2,3)4;1-9(17)12-5-6-13-14(18-12)11-7-10(11)8-19(13)15(20)21-16(2,3)4;8-7(10)5-1-3-6(9)4-2-5/h5-10,13,15,17H,11-12H2,1-4H3,(H,25,28);5-6,9-11H,7-8,17H2,1-4H3;1-4H. The summed E-state index contributed by atoms with van der Waals surface area (Å²) in [5, 5.41) is 2.33. The molecule has 0 spiro atoms. The predicted octanol–water partition coefficient (Wildman–Crippen LogP) is 9.73. The molecule has 15 heteroatoms. The number of aromatic nitrogens is 2. The van der Waals surface area contributed by atoms with Gasteiger partial charge in [-0.15, -0.1) is 0 Å². The normalized spacial score (nSPS) is 20.3. The fourth-order valence-corrected chi connectivity index (χ4v) is 7.34. The van der Waals surface area contributed by atoms with Crippen molar-refractivity contribution >= 4 is 46.3 Å². The lowest BCUT2D eigenvalue weighted by Gasteiger charge is -2.31. The number of halogens is 3. The van der Waals surface area contributed by atoms with Crippen molar-refractivity contribution in [2.45, 2.75) is 103 Å². The quantitative estimate of drug-likeness (QED) is 0.187. The van der Waals surface area contributed by atoms with E-state index in [-0.39, 0.29) is 41.8 Å². The van der Waals surface area contributed by atoms with Crippen molar-refractivity contribution in [3.05, 3.63) is 118 Å². The van der Waals surface area contributed by atoms with Crippen LogP contribution in [0.25, 0.3) is 0 Å². The van der Waals surface area contributed by atoms with E-state index in [0.717, 1.165) is 53.5 Å². The van der Waals surface area contributed by atoms with Crippen LogP contribution in [-0.2, 0) is 9.47 Å². The maximum absolute atomic E-state index is 13.1. The van der Waals surface area contributed by atoms with Crippen LogP contribution in [0.3, 0.4) is 0 Å². The van der Waals surface area contributed by atoms with Crippen molar-refractivity contribution in [2.75, 3.05) is 22.9 Å². The average Bonchev–Trinajstić information content (AvgIpc) is 4.12. The second-order valence-electron chi connectivity index (χ2n) is 17.9. The second kappa shape index (κ2) is 17.9. The molecule has 2 aliphatic carbocycles. The number of anilines is 2. The van der Waals surface area contributed by atoms with Crippen LogP contribution in [0.15, 0.2) is 72.8 Å². The summed E-state index contributed by atoms with van der Waals surface area (Å²) < 4.78 is 36.4. The van der Waals surface area contributed by atoms with Gasteiger partial charge >= 0.3 is 12.2 Å². The largest absolute Gasteiger partial charge is 0.443 e. The SMILES string of the molecule is CC(N)c1ccc2c(n1)C1CC1CN2C(=O)OC(C)(C)C.CC(NC(=O)c1ccc(F)cc1)c1ccc2c(n1)C1CC1CN2C(=O)OC(C)(C)C.O=C(Cl)c1ccc(F)cc1. The van der Waals surface area contributed by atoms with Crippen LogP contribution in [-0.4, -0.2) is 57.6 Å². The number of hydrogen-bond acceptors (Lipinski definition) is 9. The lowest BCUT2D eigenvalue weighted by Crippen LogP contribution is -2.40. The van der Waals surface area contributed by atoms with Gasteiger partial charge in [0.2, 0.25) is 0 Å². The monoisotopic (exact) mass is 858 g/mol. The first-order valence-corrected chi connectivity index (χ1v) is 20.8. The van der Waals surface area contributed by atoms with Gasteiger partial charge in [0.05, 0.1) is 40.2 Å². The number of pyridine rings is 2. The highest BCUT2D eigenvalue weighted by molar-refractivity contribution is 6.67. The molecule has 2 fully saturated rings. The van der Waals surface area contributed by atoms with E-state index in [1.165, 1.54) is 48.5 Å². The molecule has 0 bridgehead atoms. The molecule has 0 saturated heterocycles. The van der Waals surface area contributed by atoms with Gasteiger partial charge in [0, 0.05) is 42.1 Å². The highest BCUT2D eigenvalue weighted by Gasteiger charge is 2.49. The number of nitrogens with one attached hydrogen (secondary N) is 1. The molecule has 12 nitrogen and oxygen atoms in total. The van der Waals surface area contributed by atoms with Crippen molar-refractivity contribution in [2.24, 2.45) is 17.6 Å².